The van der Waals surface area contributed by atoms with Gasteiger partial charge in [-0.1, -0.05) is 0 Å². The van der Waals surface area contributed by atoms with Crippen LogP contribution in [0.5, 0.6) is 0 Å². The van der Waals surface area contributed by atoms with Crippen LogP contribution in [0.4, 0.5) is 0 Å². The zero-order valence-electron chi connectivity index (χ0n) is 11.4. The summed E-state index contributed by atoms with van der Waals surface area (Å²) in [5.41, 5.74) is 1.83. The maximum absolute atomic E-state index is 5.59. The van der Waals surface area contributed by atoms with E-state index in [0.717, 1.165) is 12.3 Å². The molecule has 0 aliphatic carbocycles. The number of piperidine rings is 2. The van der Waals surface area contributed by atoms with Gasteiger partial charge in [0.05, 0.1) is 12.8 Å². The van der Waals surface area contributed by atoms with Crippen LogP contribution in [-0.2, 0) is 6.54 Å². The molecule has 1 spiro atoms. The number of nitrogens with one attached hydrogen (secondary N) is 1. The highest BCUT2D eigenvalue weighted by Gasteiger charge is 2.36. The third-order valence-electron chi connectivity index (χ3n) is 4.64. The van der Waals surface area contributed by atoms with Crippen LogP contribution in [0.25, 0.3) is 0 Å². The Labute approximate surface area is 110 Å². The maximum atomic E-state index is 5.59. The highest BCUT2D eigenvalue weighted by atomic mass is 16.3. The van der Waals surface area contributed by atoms with E-state index in [9.17, 15) is 0 Å². The van der Waals surface area contributed by atoms with Crippen LogP contribution in [0.3, 0.4) is 0 Å². The second-order valence-corrected chi connectivity index (χ2v) is 6.12. The normalized spacial score (nSPS) is 29.8. The van der Waals surface area contributed by atoms with E-state index in [1.807, 2.05) is 6.26 Å². The molecule has 3 rings (SSSR count). The molecular weight excluding hydrogens is 224 g/mol. The molecule has 0 bridgehead atoms. The molecule has 0 saturated carbocycles. The number of furan rings is 1. The highest BCUT2D eigenvalue weighted by molar-refractivity contribution is 5.14. The minimum Gasteiger partial charge on any atom is -0.468 e. The van der Waals surface area contributed by atoms with Crippen LogP contribution >= 0.6 is 0 Å². The first kappa shape index (κ1) is 12.2. The Bertz CT molecular complexity index is 387. The van der Waals surface area contributed by atoms with Gasteiger partial charge in [0.15, 0.2) is 0 Å². The van der Waals surface area contributed by atoms with Crippen molar-refractivity contribution in [2.75, 3.05) is 26.2 Å². The van der Waals surface area contributed by atoms with Crippen LogP contribution < -0.4 is 5.32 Å². The van der Waals surface area contributed by atoms with Gasteiger partial charge in [0, 0.05) is 13.1 Å². The van der Waals surface area contributed by atoms with Crippen molar-refractivity contribution < 1.29 is 4.42 Å². The van der Waals surface area contributed by atoms with Crippen LogP contribution in [0, 0.1) is 12.3 Å². The summed E-state index contributed by atoms with van der Waals surface area (Å²) < 4.78 is 5.59. The molecule has 18 heavy (non-hydrogen) atoms. The first-order valence-corrected chi connectivity index (χ1v) is 7.24. The molecule has 3 heteroatoms. The lowest BCUT2D eigenvalue weighted by Gasteiger charge is -2.45. The molecular formula is C15H24N2O. The zero-order chi connectivity index (χ0) is 12.4. The van der Waals surface area contributed by atoms with Crippen LogP contribution in [0.1, 0.15) is 37.0 Å². The van der Waals surface area contributed by atoms with Crippen molar-refractivity contribution in [1.82, 2.24) is 10.2 Å². The van der Waals surface area contributed by atoms with Crippen molar-refractivity contribution >= 4 is 0 Å². The van der Waals surface area contributed by atoms with Crippen LogP contribution in [0.2, 0.25) is 0 Å². The Kier molecular flexibility index (Phi) is 3.44. The molecule has 2 saturated heterocycles. The lowest BCUT2D eigenvalue weighted by Crippen LogP contribution is -2.50. The summed E-state index contributed by atoms with van der Waals surface area (Å²) in [6.45, 7) is 8.00. The Morgan fingerprint density at radius 1 is 1.39 bits per heavy atom. The van der Waals surface area contributed by atoms with Gasteiger partial charge in [-0.15, -0.1) is 0 Å². The third kappa shape index (κ3) is 2.47. The van der Waals surface area contributed by atoms with E-state index in [-0.39, 0.29) is 0 Å². The summed E-state index contributed by atoms with van der Waals surface area (Å²) in [6, 6.07) is 2.07. The molecule has 1 N–H and O–H groups in total. The Morgan fingerprint density at radius 2 is 2.28 bits per heavy atom. The van der Waals surface area contributed by atoms with Gasteiger partial charge < -0.3 is 9.73 Å². The summed E-state index contributed by atoms with van der Waals surface area (Å²) in [7, 11) is 0. The predicted molar refractivity (Wildman–Crippen MR) is 72.5 cm³/mol. The van der Waals surface area contributed by atoms with Crippen LogP contribution in [-0.4, -0.2) is 31.1 Å². The number of hydrogen-bond acceptors (Lipinski definition) is 3. The number of hydrogen-bond donors (Lipinski definition) is 1. The first-order valence-electron chi connectivity index (χ1n) is 7.24. The minimum absolute atomic E-state index is 0.539. The van der Waals surface area contributed by atoms with Gasteiger partial charge in [-0.3, -0.25) is 4.90 Å². The second-order valence-electron chi connectivity index (χ2n) is 6.12. The van der Waals surface area contributed by atoms with Gasteiger partial charge in [-0.25, -0.2) is 0 Å². The SMILES string of the molecule is Cc1ccoc1CN1CCCC2(CCCNC2)C1. The van der Waals surface area contributed by atoms with Gasteiger partial charge in [-0.2, -0.15) is 0 Å². The molecule has 2 aliphatic heterocycles. The van der Waals surface area contributed by atoms with Crippen molar-refractivity contribution in [3.05, 3.63) is 23.7 Å². The zero-order valence-corrected chi connectivity index (χ0v) is 11.4. The van der Waals surface area contributed by atoms with Crippen LogP contribution in [0.15, 0.2) is 16.7 Å². The number of nitrogens with zero attached hydrogens (tertiary/aromatic N) is 1. The Hall–Kier alpha value is -0.800. The molecule has 2 fully saturated rings. The van der Waals surface area contributed by atoms with Crippen molar-refractivity contribution in [3.63, 3.8) is 0 Å². The highest BCUT2D eigenvalue weighted by Crippen LogP contribution is 2.36. The summed E-state index contributed by atoms with van der Waals surface area (Å²) in [5, 5.41) is 3.59. The fourth-order valence-electron chi connectivity index (χ4n) is 3.59. The van der Waals surface area contributed by atoms with E-state index in [2.05, 4.69) is 23.2 Å². The topological polar surface area (TPSA) is 28.4 Å². The maximum Gasteiger partial charge on any atom is 0.120 e. The fourth-order valence-corrected chi connectivity index (χ4v) is 3.59. The lowest BCUT2D eigenvalue weighted by atomic mass is 9.74. The van der Waals surface area contributed by atoms with Gasteiger partial charge in [-0.05, 0) is 62.7 Å². The second kappa shape index (κ2) is 5.06. The van der Waals surface area contributed by atoms with E-state index in [0.29, 0.717) is 5.41 Å². The van der Waals surface area contributed by atoms with E-state index in [4.69, 9.17) is 4.42 Å². The largest absolute Gasteiger partial charge is 0.468 e. The minimum atomic E-state index is 0.539. The summed E-state index contributed by atoms with van der Waals surface area (Å²) in [4.78, 5) is 2.59. The summed E-state index contributed by atoms with van der Waals surface area (Å²) in [5.74, 6) is 1.15. The quantitative estimate of drug-likeness (QED) is 0.872. The molecule has 1 aromatic rings. The van der Waals surface area contributed by atoms with E-state index >= 15 is 0 Å². The molecule has 1 unspecified atom stereocenters. The number of likely N-dealkylation sites (tertiary alicyclic amines) is 1. The monoisotopic (exact) mass is 248 g/mol. The fraction of sp³-hybridized carbons (Fsp3) is 0.733. The van der Waals surface area contributed by atoms with Crippen molar-refractivity contribution in [3.8, 4) is 0 Å². The first-order chi connectivity index (χ1) is 8.77. The average Bonchev–Trinajstić information content (AvgIpc) is 2.76. The van der Waals surface area contributed by atoms with Crippen molar-refractivity contribution in [1.29, 1.82) is 0 Å². The average molecular weight is 248 g/mol. The standard InChI is InChI=1S/C15H24N2O/c1-13-4-9-18-14(13)10-17-8-3-6-15(12-17)5-2-7-16-11-15/h4,9,16H,2-3,5-8,10-12H2,1H3. The smallest absolute Gasteiger partial charge is 0.120 e. The number of rotatable bonds is 2. The molecule has 1 aromatic heterocycles. The van der Waals surface area contributed by atoms with Crippen molar-refractivity contribution in [2.45, 2.75) is 39.2 Å². The van der Waals surface area contributed by atoms with E-state index in [1.54, 1.807) is 0 Å². The summed E-state index contributed by atoms with van der Waals surface area (Å²) in [6.07, 6.45) is 7.28. The lowest BCUT2D eigenvalue weighted by molar-refractivity contribution is 0.0560. The summed E-state index contributed by atoms with van der Waals surface area (Å²) >= 11 is 0. The molecule has 1 atom stereocenters. The molecule has 100 valence electrons. The Balaban J connectivity index is 1.65. The molecule has 3 nitrogen and oxygen atoms in total. The molecule has 0 amide bonds. The van der Waals surface area contributed by atoms with Gasteiger partial charge in [0.25, 0.3) is 0 Å². The number of aryl methyl sites for hydroxylation is 1. The molecule has 0 aromatic carbocycles. The predicted octanol–water partition coefficient (Wildman–Crippen LogP) is 2.55. The third-order valence-corrected chi connectivity index (χ3v) is 4.64. The molecule has 3 heterocycles. The van der Waals surface area contributed by atoms with Gasteiger partial charge >= 0.3 is 0 Å². The molecule has 0 radical (unpaired) electrons. The van der Waals surface area contributed by atoms with Gasteiger partial charge in [0.1, 0.15) is 5.76 Å². The Morgan fingerprint density at radius 3 is 3.00 bits per heavy atom. The van der Waals surface area contributed by atoms with Gasteiger partial charge in [0.2, 0.25) is 0 Å². The molecule has 2 aliphatic rings. The van der Waals surface area contributed by atoms with E-state index in [1.165, 1.54) is 57.4 Å². The van der Waals surface area contributed by atoms with E-state index < -0.39 is 0 Å². The van der Waals surface area contributed by atoms with Crippen molar-refractivity contribution in [2.24, 2.45) is 5.41 Å².